The Kier molecular flexibility index (Phi) is 6.08. The van der Waals surface area contributed by atoms with Gasteiger partial charge in [0.25, 0.3) is 5.91 Å². The standard InChI is InChI=1S/C23H24N6OS/c1-4-29(5-2)22-13-21(25-15(3)26-22)27-17-7-9-18(10-8-17)28-23(30)16-6-11-19-20(12-16)31-14-24-19/h6-14H,4-5H2,1-3H3,(H,28,30)(H,25,26,27). The van der Waals surface area contributed by atoms with Crippen molar-refractivity contribution in [3.05, 3.63) is 65.4 Å². The number of rotatable bonds is 7. The lowest BCUT2D eigenvalue weighted by molar-refractivity contribution is 0.102. The lowest BCUT2D eigenvalue weighted by Crippen LogP contribution is -2.23. The summed E-state index contributed by atoms with van der Waals surface area (Å²) < 4.78 is 0.997. The van der Waals surface area contributed by atoms with Gasteiger partial charge in [-0.2, -0.15) is 0 Å². The van der Waals surface area contributed by atoms with Crippen LogP contribution in [0.2, 0.25) is 0 Å². The Morgan fingerprint density at radius 3 is 2.48 bits per heavy atom. The molecule has 0 radical (unpaired) electrons. The Morgan fingerprint density at radius 1 is 1.00 bits per heavy atom. The third-order valence-electron chi connectivity index (χ3n) is 4.92. The summed E-state index contributed by atoms with van der Waals surface area (Å²) in [6.45, 7) is 7.88. The largest absolute Gasteiger partial charge is 0.357 e. The molecule has 0 saturated heterocycles. The smallest absolute Gasteiger partial charge is 0.255 e. The van der Waals surface area contributed by atoms with E-state index in [2.05, 4.69) is 44.3 Å². The van der Waals surface area contributed by atoms with Crippen molar-refractivity contribution in [2.75, 3.05) is 28.6 Å². The van der Waals surface area contributed by atoms with Gasteiger partial charge in [-0.25, -0.2) is 15.0 Å². The maximum absolute atomic E-state index is 12.6. The Bertz CT molecular complexity index is 1200. The van der Waals surface area contributed by atoms with Gasteiger partial charge in [0.15, 0.2) is 0 Å². The number of fused-ring (bicyclic) bond motifs is 1. The maximum Gasteiger partial charge on any atom is 0.255 e. The van der Waals surface area contributed by atoms with Gasteiger partial charge in [0.05, 0.1) is 15.7 Å². The SMILES string of the molecule is CCN(CC)c1cc(Nc2ccc(NC(=O)c3ccc4ncsc4c3)cc2)nc(C)n1. The highest BCUT2D eigenvalue weighted by atomic mass is 32.1. The van der Waals surface area contributed by atoms with E-state index in [1.807, 2.05) is 49.4 Å². The molecule has 0 atom stereocenters. The second-order valence-corrected chi connectivity index (χ2v) is 7.91. The zero-order valence-electron chi connectivity index (χ0n) is 17.7. The molecule has 0 aliphatic carbocycles. The van der Waals surface area contributed by atoms with Crippen molar-refractivity contribution in [2.24, 2.45) is 0 Å². The lowest BCUT2D eigenvalue weighted by atomic mass is 10.2. The molecule has 0 unspecified atom stereocenters. The second-order valence-electron chi connectivity index (χ2n) is 7.02. The zero-order valence-corrected chi connectivity index (χ0v) is 18.5. The Hall–Kier alpha value is -3.52. The summed E-state index contributed by atoms with van der Waals surface area (Å²) >= 11 is 1.52. The van der Waals surface area contributed by atoms with Gasteiger partial charge in [-0.15, -0.1) is 11.3 Å². The van der Waals surface area contributed by atoms with Crippen molar-refractivity contribution in [1.29, 1.82) is 0 Å². The molecule has 2 heterocycles. The molecule has 4 rings (SSSR count). The first-order valence-corrected chi connectivity index (χ1v) is 11.1. The van der Waals surface area contributed by atoms with Crippen LogP contribution in [0.15, 0.2) is 54.0 Å². The molecular weight excluding hydrogens is 408 g/mol. The topological polar surface area (TPSA) is 83.0 Å². The number of aromatic nitrogens is 3. The van der Waals surface area contributed by atoms with E-state index in [-0.39, 0.29) is 5.91 Å². The molecule has 1 amide bonds. The van der Waals surface area contributed by atoms with E-state index in [9.17, 15) is 4.79 Å². The normalized spacial score (nSPS) is 10.8. The van der Waals surface area contributed by atoms with Crippen molar-refractivity contribution < 1.29 is 4.79 Å². The number of amides is 1. The number of carbonyl (C=O) groups is 1. The average Bonchev–Trinajstić information content (AvgIpc) is 3.23. The van der Waals surface area contributed by atoms with Gasteiger partial charge >= 0.3 is 0 Å². The van der Waals surface area contributed by atoms with Crippen LogP contribution < -0.4 is 15.5 Å². The predicted molar refractivity (Wildman–Crippen MR) is 128 cm³/mol. The number of nitrogens with one attached hydrogen (secondary N) is 2. The van der Waals surface area contributed by atoms with Gasteiger partial charge in [-0.05, 0) is 63.2 Å². The van der Waals surface area contributed by atoms with E-state index in [0.717, 1.165) is 46.3 Å². The fourth-order valence-electron chi connectivity index (χ4n) is 3.31. The van der Waals surface area contributed by atoms with Crippen LogP contribution in [0.1, 0.15) is 30.0 Å². The third kappa shape index (κ3) is 4.80. The first kappa shape index (κ1) is 20.7. The fraction of sp³-hybridized carbons (Fsp3) is 0.217. The van der Waals surface area contributed by atoms with Crippen molar-refractivity contribution in [2.45, 2.75) is 20.8 Å². The van der Waals surface area contributed by atoms with Crippen molar-refractivity contribution in [1.82, 2.24) is 15.0 Å². The molecule has 8 heteroatoms. The van der Waals surface area contributed by atoms with Gasteiger partial charge in [0, 0.05) is 36.1 Å². The van der Waals surface area contributed by atoms with E-state index in [0.29, 0.717) is 11.4 Å². The molecule has 0 fully saturated rings. The summed E-state index contributed by atoms with van der Waals surface area (Å²) in [5, 5.41) is 6.26. The number of hydrogen-bond acceptors (Lipinski definition) is 7. The summed E-state index contributed by atoms with van der Waals surface area (Å²) in [6.07, 6.45) is 0. The quantitative estimate of drug-likeness (QED) is 0.416. The molecule has 0 saturated carbocycles. The second kappa shape index (κ2) is 9.09. The molecule has 2 aromatic heterocycles. The van der Waals surface area contributed by atoms with Crippen LogP contribution >= 0.6 is 11.3 Å². The number of aryl methyl sites for hydroxylation is 1. The molecule has 0 aliphatic rings. The van der Waals surface area contributed by atoms with Gasteiger partial charge in [-0.1, -0.05) is 0 Å². The monoisotopic (exact) mass is 432 g/mol. The number of thiazole rings is 1. The number of hydrogen-bond donors (Lipinski definition) is 2. The van der Waals surface area contributed by atoms with Crippen LogP contribution in [-0.4, -0.2) is 33.9 Å². The number of nitrogens with zero attached hydrogens (tertiary/aromatic N) is 4. The predicted octanol–water partition coefficient (Wildman–Crippen LogP) is 5.24. The molecule has 2 aromatic carbocycles. The molecule has 0 bridgehead atoms. The Balaban J connectivity index is 1.45. The summed E-state index contributed by atoms with van der Waals surface area (Å²) in [5.74, 6) is 2.21. The maximum atomic E-state index is 12.6. The van der Waals surface area contributed by atoms with Gasteiger partial charge in [-0.3, -0.25) is 4.79 Å². The van der Waals surface area contributed by atoms with Crippen molar-refractivity contribution >= 4 is 50.5 Å². The van der Waals surface area contributed by atoms with E-state index < -0.39 is 0 Å². The van der Waals surface area contributed by atoms with Crippen LogP contribution in [0, 0.1) is 6.92 Å². The van der Waals surface area contributed by atoms with Gasteiger partial charge < -0.3 is 15.5 Å². The molecular formula is C23H24N6OS. The van der Waals surface area contributed by atoms with Crippen LogP contribution in [-0.2, 0) is 0 Å². The van der Waals surface area contributed by atoms with E-state index >= 15 is 0 Å². The van der Waals surface area contributed by atoms with Crippen LogP contribution in [0.25, 0.3) is 10.2 Å². The summed E-state index contributed by atoms with van der Waals surface area (Å²) in [4.78, 5) is 28.0. The number of benzene rings is 2. The van der Waals surface area contributed by atoms with E-state index in [4.69, 9.17) is 0 Å². The minimum absolute atomic E-state index is 0.147. The average molecular weight is 433 g/mol. The van der Waals surface area contributed by atoms with Crippen LogP contribution in [0.5, 0.6) is 0 Å². The summed E-state index contributed by atoms with van der Waals surface area (Å²) in [7, 11) is 0. The van der Waals surface area contributed by atoms with Crippen molar-refractivity contribution in [3.8, 4) is 0 Å². The van der Waals surface area contributed by atoms with Gasteiger partial charge in [0.1, 0.15) is 17.5 Å². The summed E-state index contributed by atoms with van der Waals surface area (Å²) in [6, 6.07) is 15.0. The Morgan fingerprint density at radius 2 is 1.74 bits per heavy atom. The minimum Gasteiger partial charge on any atom is -0.357 e. The molecule has 158 valence electrons. The minimum atomic E-state index is -0.147. The van der Waals surface area contributed by atoms with Crippen LogP contribution in [0.4, 0.5) is 23.0 Å². The molecule has 0 aliphatic heterocycles. The first-order valence-electron chi connectivity index (χ1n) is 10.2. The van der Waals surface area contributed by atoms with E-state index in [1.165, 1.54) is 11.3 Å². The highest BCUT2D eigenvalue weighted by molar-refractivity contribution is 7.16. The zero-order chi connectivity index (χ0) is 21.8. The Labute approximate surface area is 185 Å². The van der Waals surface area contributed by atoms with Crippen molar-refractivity contribution in [3.63, 3.8) is 0 Å². The van der Waals surface area contributed by atoms with Crippen LogP contribution in [0.3, 0.4) is 0 Å². The molecule has 4 aromatic rings. The fourth-order valence-corrected chi connectivity index (χ4v) is 4.03. The third-order valence-corrected chi connectivity index (χ3v) is 5.71. The molecule has 31 heavy (non-hydrogen) atoms. The highest BCUT2D eigenvalue weighted by Crippen LogP contribution is 2.23. The molecule has 0 spiro atoms. The number of anilines is 4. The van der Waals surface area contributed by atoms with E-state index in [1.54, 1.807) is 11.6 Å². The lowest BCUT2D eigenvalue weighted by Gasteiger charge is -2.20. The summed E-state index contributed by atoms with van der Waals surface area (Å²) in [5.41, 5.74) is 4.90. The highest BCUT2D eigenvalue weighted by Gasteiger charge is 2.10. The number of carbonyl (C=O) groups excluding carboxylic acids is 1. The first-order chi connectivity index (χ1) is 15.1. The molecule has 7 nitrogen and oxygen atoms in total. The van der Waals surface area contributed by atoms with Gasteiger partial charge in [0.2, 0.25) is 0 Å². The molecule has 2 N–H and O–H groups in total.